The molecule has 1 aliphatic heterocycles. The van der Waals surface area contributed by atoms with Gasteiger partial charge in [-0.1, -0.05) is 60.2 Å². The summed E-state index contributed by atoms with van der Waals surface area (Å²) in [5, 5.41) is 9.58. The van der Waals surface area contributed by atoms with E-state index in [-0.39, 0.29) is 0 Å². The molecule has 1 saturated heterocycles. The molecule has 152 valence electrons. The third-order valence-electron chi connectivity index (χ3n) is 5.63. The molecule has 0 saturated carbocycles. The summed E-state index contributed by atoms with van der Waals surface area (Å²) in [6.45, 7) is 10.1. The molecule has 2 N–H and O–H groups in total. The molecule has 0 radical (unpaired) electrons. The maximum absolute atomic E-state index is 6.26. The van der Waals surface area contributed by atoms with E-state index in [1.165, 1.54) is 27.5 Å². The largest absolute Gasteiger partial charge is 0.489 e. The third-order valence-corrected chi connectivity index (χ3v) is 5.63. The van der Waals surface area contributed by atoms with Crippen molar-refractivity contribution in [2.45, 2.75) is 20.1 Å². The van der Waals surface area contributed by atoms with Crippen molar-refractivity contribution in [3.63, 3.8) is 0 Å². The monoisotopic (exact) mass is 389 g/mol. The minimum absolute atomic E-state index is 0.590. The van der Waals surface area contributed by atoms with Gasteiger partial charge in [-0.2, -0.15) is 0 Å². The van der Waals surface area contributed by atoms with Gasteiger partial charge < -0.3 is 15.4 Å². The lowest BCUT2D eigenvalue weighted by Crippen LogP contribution is -2.45. The van der Waals surface area contributed by atoms with Gasteiger partial charge in [0.1, 0.15) is 12.4 Å². The molecule has 4 rings (SSSR count). The Kier molecular flexibility index (Phi) is 6.78. The summed E-state index contributed by atoms with van der Waals surface area (Å²) in [5.74, 6) is 0.971. The van der Waals surface area contributed by atoms with Crippen LogP contribution in [-0.4, -0.2) is 44.2 Å². The Morgan fingerprint density at radius 3 is 2.59 bits per heavy atom. The van der Waals surface area contributed by atoms with E-state index >= 15 is 0 Å². The molecule has 1 aliphatic rings. The van der Waals surface area contributed by atoms with Gasteiger partial charge in [-0.05, 0) is 29.3 Å². The lowest BCUT2D eigenvalue weighted by atomic mass is 10.0. The van der Waals surface area contributed by atoms with Crippen LogP contribution in [0.15, 0.2) is 60.7 Å². The molecule has 0 aromatic heterocycles. The summed E-state index contributed by atoms with van der Waals surface area (Å²) < 4.78 is 6.26. The molecule has 3 aromatic rings. The third kappa shape index (κ3) is 5.36. The van der Waals surface area contributed by atoms with Crippen LogP contribution in [0.2, 0.25) is 0 Å². The van der Waals surface area contributed by atoms with E-state index in [9.17, 15) is 0 Å². The minimum Gasteiger partial charge on any atom is -0.489 e. The first-order chi connectivity index (χ1) is 14.3. The van der Waals surface area contributed by atoms with Gasteiger partial charge in [0.05, 0.1) is 0 Å². The van der Waals surface area contributed by atoms with E-state index in [1.807, 2.05) is 0 Å². The highest BCUT2D eigenvalue weighted by molar-refractivity contribution is 5.87. The van der Waals surface area contributed by atoms with Gasteiger partial charge in [0, 0.05) is 51.4 Å². The van der Waals surface area contributed by atoms with Crippen LogP contribution in [0.4, 0.5) is 0 Å². The van der Waals surface area contributed by atoms with Gasteiger partial charge >= 0.3 is 0 Å². The SMILES string of the molecule is Cc1ccc(COc2ccc3ccccc3c2CNCCN2CCNCC2)cc1. The van der Waals surface area contributed by atoms with Crippen molar-refractivity contribution >= 4 is 10.8 Å². The predicted molar refractivity (Wildman–Crippen MR) is 120 cm³/mol. The van der Waals surface area contributed by atoms with Gasteiger partial charge in [0.25, 0.3) is 0 Å². The number of nitrogens with one attached hydrogen (secondary N) is 2. The molecule has 4 heteroatoms. The normalized spacial score (nSPS) is 14.9. The van der Waals surface area contributed by atoms with E-state index < -0.39 is 0 Å². The van der Waals surface area contributed by atoms with Crippen molar-refractivity contribution in [3.05, 3.63) is 77.4 Å². The van der Waals surface area contributed by atoms with E-state index in [4.69, 9.17) is 4.74 Å². The van der Waals surface area contributed by atoms with Crippen LogP contribution in [0.3, 0.4) is 0 Å². The van der Waals surface area contributed by atoms with Crippen molar-refractivity contribution in [2.24, 2.45) is 0 Å². The first-order valence-electron chi connectivity index (χ1n) is 10.6. The number of rotatable bonds is 8. The number of benzene rings is 3. The first-order valence-corrected chi connectivity index (χ1v) is 10.6. The maximum Gasteiger partial charge on any atom is 0.124 e. The minimum atomic E-state index is 0.590. The number of fused-ring (bicyclic) bond motifs is 1. The van der Waals surface area contributed by atoms with Crippen LogP contribution in [0, 0.1) is 6.92 Å². The first kappa shape index (κ1) is 19.9. The molecule has 1 fully saturated rings. The summed E-state index contributed by atoms with van der Waals surface area (Å²) in [5.41, 5.74) is 3.71. The van der Waals surface area contributed by atoms with Gasteiger partial charge in [0.15, 0.2) is 0 Å². The Morgan fingerprint density at radius 1 is 0.966 bits per heavy atom. The fraction of sp³-hybridized carbons (Fsp3) is 0.360. The zero-order valence-corrected chi connectivity index (χ0v) is 17.3. The number of aryl methyl sites for hydroxylation is 1. The summed E-state index contributed by atoms with van der Waals surface area (Å²) in [7, 11) is 0. The average Bonchev–Trinajstić information content (AvgIpc) is 2.77. The van der Waals surface area contributed by atoms with Crippen LogP contribution >= 0.6 is 0 Å². The van der Waals surface area contributed by atoms with Gasteiger partial charge in [0.2, 0.25) is 0 Å². The summed E-state index contributed by atoms with van der Waals surface area (Å²) in [6, 6.07) is 21.4. The molecular formula is C25H31N3O. The number of piperazine rings is 1. The molecule has 3 aromatic carbocycles. The molecule has 0 bridgehead atoms. The molecule has 0 spiro atoms. The lowest BCUT2D eigenvalue weighted by molar-refractivity contribution is 0.240. The zero-order valence-electron chi connectivity index (χ0n) is 17.3. The highest BCUT2D eigenvalue weighted by Gasteiger charge is 2.11. The van der Waals surface area contributed by atoms with Crippen LogP contribution in [0.1, 0.15) is 16.7 Å². The van der Waals surface area contributed by atoms with E-state index in [2.05, 4.69) is 83.1 Å². The molecule has 0 atom stereocenters. The number of nitrogens with zero attached hydrogens (tertiary/aromatic N) is 1. The van der Waals surface area contributed by atoms with Crippen LogP contribution in [0.5, 0.6) is 5.75 Å². The second kappa shape index (κ2) is 9.88. The number of hydrogen-bond acceptors (Lipinski definition) is 4. The number of hydrogen-bond donors (Lipinski definition) is 2. The lowest BCUT2D eigenvalue weighted by Gasteiger charge is -2.27. The fourth-order valence-corrected chi connectivity index (χ4v) is 3.86. The van der Waals surface area contributed by atoms with Crippen molar-refractivity contribution < 1.29 is 4.74 Å². The fourth-order valence-electron chi connectivity index (χ4n) is 3.86. The Labute approximate surface area is 173 Å². The number of ether oxygens (including phenoxy) is 1. The van der Waals surface area contributed by atoms with Crippen LogP contribution < -0.4 is 15.4 Å². The van der Waals surface area contributed by atoms with Crippen molar-refractivity contribution in [1.82, 2.24) is 15.5 Å². The van der Waals surface area contributed by atoms with Gasteiger partial charge in [-0.15, -0.1) is 0 Å². The average molecular weight is 390 g/mol. The quantitative estimate of drug-likeness (QED) is 0.576. The molecule has 4 nitrogen and oxygen atoms in total. The molecular weight excluding hydrogens is 358 g/mol. The molecule has 0 aliphatic carbocycles. The Balaban J connectivity index is 1.44. The summed E-state index contributed by atoms with van der Waals surface area (Å²) in [6.07, 6.45) is 0. The van der Waals surface area contributed by atoms with E-state index in [0.29, 0.717) is 6.61 Å². The topological polar surface area (TPSA) is 36.5 Å². The Hall–Kier alpha value is -2.40. The standard InChI is InChI=1S/C25H31N3O/c1-20-6-8-21(9-7-20)19-29-25-11-10-22-4-2-3-5-23(22)24(25)18-27-14-17-28-15-12-26-13-16-28/h2-11,26-27H,12-19H2,1H3. The Morgan fingerprint density at radius 2 is 1.76 bits per heavy atom. The van der Waals surface area contributed by atoms with E-state index in [1.54, 1.807) is 0 Å². The van der Waals surface area contributed by atoms with Crippen LogP contribution in [-0.2, 0) is 13.2 Å². The summed E-state index contributed by atoms with van der Waals surface area (Å²) >= 11 is 0. The van der Waals surface area contributed by atoms with Crippen molar-refractivity contribution in [3.8, 4) is 5.75 Å². The molecule has 0 amide bonds. The second-order valence-electron chi connectivity index (χ2n) is 7.81. The maximum atomic E-state index is 6.26. The predicted octanol–water partition coefficient (Wildman–Crippen LogP) is 3.72. The smallest absolute Gasteiger partial charge is 0.124 e. The molecule has 29 heavy (non-hydrogen) atoms. The summed E-state index contributed by atoms with van der Waals surface area (Å²) in [4.78, 5) is 2.52. The Bertz CT molecular complexity index is 917. The van der Waals surface area contributed by atoms with Crippen molar-refractivity contribution in [1.29, 1.82) is 0 Å². The van der Waals surface area contributed by atoms with Crippen LogP contribution in [0.25, 0.3) is 10.8 Å². The highest BCUT2D eigenvalue weighted by atomic mass is 16.5. The molecule has 1 heterocycles. The molecule has 0 unspecified atom stereocenters. The highest BCUT2D eigenvalue weighted by Crippen LogP contribution is 2.28. The van der Waals surface area contributed by atoms with Crippen molar-refractivity contribution in [2.75, 3.05) is 39.3 Å². The van der Waals surface area contributed by atoms with Gasteiger partial charge in [-0.3, -0.25) is 4.90 Å². The zero-order chi connectivity index (χ0) is 19.9. The van der Waals surface area contributed by atoms with Gasteiger partial charge in [-0.25, -0.2) is 0 Å². The van der Waals surface area contributed by atoms with E-state index in [0.717, 1.165) is 51.6 Å². The second-order valence-corrected chi connectivity index (χ2v) is 7.81.